The van der Waals surface area contributed by atoms with Gasteiger partial charge in [0, 0.05) is 41.5 Å². The fourth-order valence-electron chi connectivity index (χ4n) is 5.06. The molecule has 1 unspecified atom stereocenters. The van der Waals surface area contributed by atoms with Gasteiger partial charge in [0.2, 0.25) is 0 Å². The molecule has 1 saturated heterocycles. The van der Waals surface area contributed by atoms with Gasteiger partial charge in [-0.1, -0.05) is 19.1 Å². The Morgan fingerprint density at radius 1 is 1.38 bits per heavy atom. The topological polar surface area (TPSA) is 40.6 Å². The minimum absolute atomic E-state index is 0.318. The van der Waals surface area contributed by atoms with Crippen LogP contribution in [0.3, 0.4) is 0 Å². The first kappa shape index (κ1) is 14.5. The molecule has 1 aliphatic carbocycles. The van der Waals surface area contributed by atoms with Crippen molar-refractivity contribution in [3.05, 3.63) is 35.5 Å². The quantitative estimate of drug-likeness (QED) is 0.921. The average molecular weight is 323 g/mol. The molecule has 1 N–H and O–H groups in total. The highest BCUT2D eigenvalue weighted by atomic mass is 16.5. The van der Waals surface area contributed by atoms with E-state index in [2.05, 4.69) is 48.1 Å². The molecule has 3 aliphatic rings. The monoisotopic (exact) mass is 323 g/mol. The molecule has 126 valence electrons. The predicted octanol–water partition coefficient (Wildman–Crippen LogP) is 3.34. The Morgan fingerprint density at radius 2 is 2.29 bits per heavy atom. The van der Waals surface area contributed by atoms with E-state index in [4.69, 9.17) is 9.73 Å². The van der Waals surface area contributed by atoms with E-state index in [1.165, 1.54) is 22.0 Å². The molecule has 0 amide bonds. The lowest BCUT2D eigenvalue weighted by molar-refractivity contribution is 0.104. The van der Waals surface area contributed by atoms with Gasteiger partial charge in [0.05, 0.1) is 6.04 Å². The summed E-state index contributed by atoms with van der Waals surface area (Å²) in [6.07, 6.45) is 4.54. The molecule has 1 fully saturated rings. The van der Waals surface area contributed by atoms with Crippen LogP contribution >= 0.6 is 0 Å². The fourth-order valence-corrected chi connectivity index (χ4v) is 5.06. The molecule has 4 atom stereocenters. The maximum absolute atomic E-state index is 5.92. The number of nitrogens with zero attached hydrogens (tertiary/aromatic N) is 2. The molecule has 2 aromatic rings. The molecule has 0 spiro atoms. The zero-order valence-corrected chi connectivity index (χ0v) is 14.5. The zero-order chi connectivity index (χ0) is 16.3. The molecule has 2 aliphatic heterocycles. The largest absolute Gasteiger partial charge is 0.478 e. The molecule has 1 aromatic heterocycles. The van der Waals surface area contributed by atoms with E-state index in [1.807, 2.05) is 0 Å². The van der Waals surface area contributed by atoms with Crippen molar-refractivity contribution >= 4 is 16.8 Å². The van der Waals surface area contributed by atoms with Gasteiger partial charge in [-0.25, -0.2) is 4.99 Å². The molecule has 1 aromatic carbocycles. The van der Waals surface area contributed by atoms with Gasteiger partial charge in [0.25, 0.3) is 0 Å². The average Bonchev–Trinajstić information content (AvgIpc) is 3.22. The lowest BCUT2D eigenvalue weighted by atomic mass is 9.72. The number of ether oxygens (including phenoxy) is 1. The summed E-state index contributed by atoms with van der Waals surface area (Å²) in [5, 5.41) is 1.47. The molecular weight excluding hydrogens is 298 g/mol. The molecule has 4 heteroatoms. The lowest BCUT2D eigenvalue weighted by Gasteiger charge is -2.46. The summed E-state index contributed by atoms with van der Waals surface area (Å²) in [7, 11) is 0. The van der Waals surface area contributed by atoms with Gasteiger partial charge in [-0.05, 0) is 43.5 Å². The Balaban J connectivity index is 1.57. The summed E-state index contributed by atoms with van der Waals surface area (Å²) in [6, 6.07) is 7.67. The first-order chi connectivity index (χ1) is 11.7. The van der Waals surface area contributed by atoms with E-state index in [-0.39, 0.29) is 0 Å². The number of aliphatic imine (C=N–C) groups is 1. The van der Waals surface area contributed by atoms with Gasteiger partial charge in [0.15, 0.2) is 5.90 Å². The van der Waals surface area contributed by atoms with Crippen molar-refractivity contribution in [1.29, 1.82) is 0 Å². The van der Waals surface area contributed by atoms with Gasteiger partial charge in [-0.15, -0.1) is 0 Å². The number of aromatic nitrogens is 1. The number of benzene rings is 1. The normalized spacial score (nSPS) is 32.5. The first-order valence-electron chi connectivity index (χ1n) is 9.28. The summed E-state index contributed by atoms with van der Waals surface area (Å²) in [4.78, 5) is 10.9. The lowest BCUT2D eigenvalue weighted by Crippen LogP contribution is -2.51. The van der Waals surface area contributed by atoms with Crippen LogP contribution in [-0.2, 0) is 11.2 Å². The number of rotatable bonds is 2. The van der Waals surface area contributed by atoms with Crippen LogP contribution < -0.4 is 0 Å². The van der Waals surface area contributed by atoms with E-state index in [0.717, 1.165) is 38.4 Å². The van der Waals surface area contributed by atoms with Crippen LogP contribution in [0.1, 0.15) is 37.3 Å². The fraction of sp³-hybridized carbons (Fsp3) is 0.550. The maximum Gasteiger partial charge on any atom is 0.188 e. The zero-order valence-electron chi connectivity index (χ0n) is 14.5. The van der Waals surface area contributed by atoms with E-state index in [0.29, 0.717) is 23.9 Å². The highest BCUT2D eigenvalue weighted by Crippen LogP contribution is 2.45. The van der Waals surface area contributed by atoms with Crippen LogP contribution in [-0.4, -0.2) is 47.6 Å². The summed E-state index contributed by atoms with van der Waals surface area (Å²) in [5.41, 5.74) is 4.30. The Bertz CT molecular complexity index is 808. The number of fused-ring (bicyclic) bond motifs is 2. The minimum atomic E-state index is 0.318. The third kappa shape index (κ3) is 2.05. The number of aromatic amines is 1. The second kappa shape index (κ2) is 5.35. The summed E-state index contributed by atoms with van der Waals surface area (Å²) >= 11 is 0. The molecule has 0 radical (unpaired) electrons. The summed E-state index contributed by atoms with van der Waals surface area (Å²) in [5.74, 6) is 2.02. The smallest absolute Gasteiger partial charge is 0.188 e. The Morgan fingerprint density at radius 3 is 3.08 bits per heavy atom. The van der Waals surface area contributed by atoms with Crippen LogP contribution in [0.5, 0.6) is 0 Å². The third-order valence-corrected chi connectivity index (χ3v) is 6.15. The molecule has 0 bridgehead atoms. The van der Waals surface area contributed by atoms with E-state index in [1.54, 1.807) is 0 Å². The van der Waals surface area contributed by atoms with Crippen molar-refractivity contribution in [1.82, 2.24) is 9.88 Å². The number of hydrogen-bond acceptors (Lipinski definition) is 3. The second-order valence-electron chi connectivity index (χ2n) is 7.61. The van der Waals surface area contributed by atoms with Crippen LogP contribution in [0.25, 0.3) is 10.9 Å². The number of nitrogens with one attached hydrogen (secondary N) is 1. The highest BCUT2D eigenvalue weighted by molar-refractivity contribution is 5.88. The van der Waals surface area contributed by atoms with Crippen molar-refractivity contribution in [2.45, 2.75) is 44.7 Å². The number of likely N-dealkylation sites (tertiary alicyclic amines) is 1. The van der Waals surface area contributed by atoms with Crippen molar-refractivity contribution in [3.8, 4) is 0 Å². The van der Waals surface area contributed by atoms with E-state index in [9.17, 15) is 0 Å². The molecule has 3 heterocycles. The van der Waals surface area contributed by atoms with Crippen molar-refractivity contribution in [3.63, 3.8) is 0 Å². The van der Waals surface area contributed by atoms with Gasteiger partial charge < -0.3 is 9.72 Å². The van der Waals surface area contributed by atoms with Crippen LogP contribution in [0.15, 0.2) is 29.4 Å². The Kier molecular flexibility index (Phi) is 3.24. The van der Waals surface area contributed by atoms with Crippen LogP contribution in [0.2, 0.25) is 0 Å². The Labute approximate surface area is 142 Å². The van der Waals surface area contributed by atoms with E-state index < -0.39 is 0 Å². The maximum atomic E-state index is 5.92. The van der Waals surface area contributed by atoms with Crippen molar-refractivity contribution < 1.29 is 4.74 Å². The van der Waals surface area contributed by atoms with Gasteiger partial charge >= 0.3 is 0 Å². The summed E-state index contributed by atoms with van der Waals surface area (Å²) in [6.45, 7) is 7.36. The van der Waals surface area contributed by atoms with Crippen LogP contribution in [0, 0.1) is 5.92 Å². The molecule has 24 heavy (non-hydrogen) atoms. The number of piperidine rings is 1. The molecular formula is C20H25N3O. The third-order valence-electron chi connectivity index (χ3n) is 6.15. The first-order valence-corrected chi connectivity index (χ1v) is 9.28. The van der Waals surface area contributed by atoms with Crippen molar-refractivity contribution in [2.24, 2.45) is 10.9 Å². The van der Waals surface area contributed by atoms with Gasteiger partial charge in [-0.3, -0.25) is 4.90 Å². The number of H-pyrrole nitrogens is 1. The summed E-state index contributed by atoms with van der Waals surface area (Å²) < 4.78 is 5.92. The predicted molar refractivity (Wildman–Crippen MR) is 96.7 cm³/mol. The number of likely N-dealkylation sites (N-methyl/N-ethyl adjacent to an activating group) is 1. The van der Waals surface area contributed by atoms with Crippen LogP contribution in [0.4, 0.5) is 0 Å². The molecule has 4 nitrogen and oxygen atoms in total. The standard InChI is InChI=1S/C20H25N3O/c1-3-23-10-14(20-22-12(2)11-24-20)7-16-15-5-4-6-17-19(15)13(9-21-17)8-18(16)23/h4-6,9,12,14,16,18,21H,3,7-8,10-11H2,1-2H3/t12-,14?,16-,18-/m1/s1. The van der Waals surface area contributed by atoms with Gasteiger partial charge in [0.1, 0.15) is 6.61 Å². The van der Waals surface area contributed by atoms with E-state index >= 15 is 0 Å². The Hall–Kier alpha value is -1.81. The molecule has 5 rings (SSSR count). The SMILES string of the molecule is CCN1CC(C2=N[C@H](C)CO2)C[C@@H]2c3cccc4[nH]cc(c34)C[C@H]21. The second-order valence-corrected chi connectivity index (χ2v) is 7.61. The van der Waals surface area contributed by atoms with Crippen molar-refractivity contribution in [2.75, 3.05) is 19.7 Å². The number of hydrogen-bond donors (Lipinski definition) is 1. The van der Waals surface area contributed by atoms with Gasteiger partial charge in [-0.2, -0.15) is 0 Å². The highest BCUT2D eigenvalue weighted by Gasteiger charge is 2.42. The molecule has 0 saturated carbocycles. The minimum Gasteiger partial charge on any atom is -0.478 e.